The molecule has 1 saturated carbocycles. The van der Waals surface area contributed by atoms with E-state index in [0.29, 0.717) is 35.2 Å². The van der Waals surface area contributed by atoms with E-state index in [1.165, 1.54) is 12.1 Å². The van der Waals surface area contributed by atoms with Crippen molar-refractivity contribution in [2.24, 2.45) is 22.2 Å². The van der Waals surface area contributed by atoms with Crippen LogP contribution >= 0.6 is 0 Å². The molecule has 2 aromatic carbocycles. The first-order chi connectivity index (χ1) is 19.4. The Labute approximate surface area is 246 Å². The van der Waals surface area contributed by atoms with Crippen LogP contribution in [0.15, 0.2) is 53.5 Å². The molecular weight excluding hydrogens is 513 g/mol. The van der Waals surface area contributed by atoms with E-state index in [4.69, 9.17) is 4.99 Å². The second kappa shape index (κ2) is 12.9. The fraction of sp³-hybridized carbons (Fsp3) is 0.571. The lowest BCUT2D eigenvalue weighted by Gasteiger charge is -2.47. The number of hydrogen-bond acceptors (Lipinski definition) is 3. The summed E-state index contributed by atoms with van der Waals surface area (Å²) in [5, 5.41) is 2.99. The number of benzene rings is 2. The van der Waals surface area contributed by atoms with Crippen molar-refractivity contribution in [1.29, 1.82) is 0 Å². The number of carbonyl (C=O) groups excluding carboxylic acids is 2. The molecule has 0 aromatic heterocycles. The van der Waals surface area contributed by atoms with Gasteiger partial charge in [-0.1, -0.05) is 60.1 Å². The minimum absolute atomic E-state index is 0.0696. The zero-order valence-corrected chi connectivity index (χ0v) is 25.8. The molecule has 0 radical (unpaired) electrons. The summed E-state index contributed by atoms with van der Waals surface area (Å²) < 4.78 is 13.8. The van der Waals surface area contributed by atoms with Gasteiger partial charge in [0.15, 0.2) is 0 Å². The van der Waals surface area contributed by atoms with Crippen molar-refractivity contribution in [3.8, 4) is 0 Å². The van der Waals surface area contributed by atoms with Gasteiger partial charge in [-0.2, -0.15) is 0 Å². The van der Waals surface area contributed by atoms with E-state index >= 15 is 0 Å². The lowest BCUT2D eigenvalue weighted by atomic mass is 9.69. The summed E-state index contributed by atoms with van der Waals surface area (Å²) in [4.78, 5) is 34.3. The monoisotopic (exact) mass is 561 g/mol. The number of amides is 2. The maximum Gasteiger partial charge on any atom is 0.275 e. The van der Waals surface area contributed by atoms with Crippen molar-refractivity contribution in [2.75, 3.05) is 6.54 Å². The molecule has 2 amide bonds. The van der Waals surface area contributed by atoms with Crippen LogP contribution < -0.4 is 5.32 Å². The van der Waals surface area contributed by atoms with Crippen LogP contribution in [0.5, 0.6) is 0 Å². The molecule has 1 aliphatic carbocycles. The number of halogens is 1. The van der Waals surface area contributed by atoms with Gasteiger partial charge in [0.25, 0.3) is 11.8 Å². The van der Waals surface area contributed by atoms with Crippen LogP contribution in [-0.2, 0) is 4.79 Å². The highest BCUT2D eigenvalue weighted by molar-refractivity contribution is 6.46. The summed E-state index contributed by atoms with van der Waals surface area (Å²) in [5.74, 6) is 0.560. The van der Waals surface area contributed by atoms with Gasteiger partial charge in [0.1, 0.15) is 17.2 Å². The van der Waals surface area contributed by atoms with Gasteiger partial charge in [0.2, 0.25) is 0 Å². The number of rotatable bonds is 10. The Morgan fingerprint density at radius 3 is 2.24 bits per heavy atom. The van der Waals surface area contributed by atoms with E-state index in [1.54, 1.807) is 12.1 Å². The minimum atomic E-state index is -0.625. The molecule has 2 aliphatic rings. The molecule has 4 rings (SSSR count). The average Bonchev–Trinajstić information content (AvgIpc) is 3.20. The zero-order valence-electron chi connectivity index (χ0n) is 25.8. The second-order valence-electron chi connectivity index (χ2n) is 13.5. The molecule has 1 aliphatic heterocycles. The van der Waals surface area contributed by atoms with E-state index in [2.05, 4.69) is 51.8 Å². The molecule has 6 heteroatoms. The van der Waals surface area contributed by atoms with Crippen LogP contribution in [0.25, 0.3) is 0 Å². The van der Waals surface area contributed by atoms with Crippen molar-refractivity contribution >= 4 is 17.5 Å². The molecule has 0 saturated heterocycles. The summed E-state index contributed by atoms with van der Waals surface area (Å²) in [6.45, 7) is 14.1. The highest BCUT2D eigenvalue weighted by Gasteiger charge is 2.52. The predicted molar refractivity (Wildman–Crippen MR) is 164 cm³/mol. The van der Waals surface area contributed by atoms with Gasteiger partial charge in [-0.25, -0.2) is 4.39 Å². The van der Waals surface area contributed by atoms with Gasteiger partial charge in [0, 0.05) is 17.7 Å². The third-order valence-corrected chi connectivity index (χ3v) is 9.02. The topological polar surface area (TPSA) is 61.8 Å². The van der Waals surface area contributed by atoms with Crippen molar-refractivity contribution in [1.82, 2.24) is 10.2 Å². The summed E-state index contributed by atoms with van der Waals surface area (Å²) in [7, 11) is 0. The minimum Gasteiger partial charge on any atom is -0.352 e. The van der Waals surface area contributed by atoms with E-state index in [0.717, 1.165) is 56.9 Å². The summed E-state index contributed by atoms with van der Waals surface area (Å²) in [6, 6.07) is 13.7. The van der Waals surface area contributed by atoms with E-state index in [1.807, 2.05) is 24.3 Å². The van der Waals surface area contributed by atoms with E-state index in [-0.39, 0.29) is 29.1 Å². The number of hydrogen-bond donors (Lipinski definition) is 1. The molecule has 1 N–H and O–H groups in total. The van der Waals surface area contributed by atoms with Crippen molar-refractivity contribution in [3.63, 3.8) is 0 Å². The smallest absolute Gasteiger partial charge is 0.275 e. The highest BCUT2D eigenvalue weighted by atomic mass is 19.1. The Hall–Kier alpha value is -3.02. The first kappa shape index (κ1) is 30.9. The predicted octanol–water partition coefficient (Wildman–Crippen LogP) is 8.10. The first-order valence-electron chi connectivity index (χ1n) is 15.5. The SMILES string of the molecule is CCCCNC(=O)c1ccc(C(CCC(C)C)N2C(=O)C(c3ccc(F)cc3)=NC23CCC(C(C)(C)C)CC3)cc1. The number of nitrogens with zero attached hydrogens (tertiary/aromatic N) is 2. The van der Waals surface area contributed by atoms with Crippen LogP contribution in [0.1, 0.15) is 120 Å². The molecule has 1 spiro atoms. The van der Waals surface area contributed by atoms with E-state index in [9.17, 15) is 14.0 Å². The largest absolute Gasteiger partial charge is 0.352 e. The maximum absolute atomic E-state index is 14.4. The number of unbranched alkanes of at least 4 members (excludes halogenated alkanes) is 1. The lowest BCUT2D eigenvalue weighted by Crippen LogP contribution is -2.51. The van der Waals surface area contributed by atoms with Crippen LogP contribution in [-0.4, -0.2) is 34.6 Å². The number of carbonyl (C=O) groups is 2. The first-order valence-corrected chi connectivity index (χ1v) is 15.5. The Balaban J connectivity index is 1.71. The van der Waals surface area contributed by atoms with Gasteiger partial charge in [-0.15, -0.1) is 0 Å². The molecule has 1 fully saturated rings. The van der Waals surface area contributed by atoms with Crippen LogP contribution in [0.3, 0.4) is 0 Å². The standard InChI is InChI=1S/C35H48FN3O2/c1-7-8-23-37-32(40)27-12-10-25(11-13-27)30(18-9-24(2)3)39-33(41)31(26-14-16-29(36)17-15-26)38-35(39)21-19-28(20-22-35)34(4,5)6/h10-17,24,28,30H,7-9,18-23H2,1-6H3,(H,37,40). The molecule has 1 unspecified atom stereocenters. The third kappa shape index (κ3) is 7.07. The van der Waals surface area contributed by atoms with Gasteiger partial charge in [-0.05, 0) is 104 Å². The summed E-state index contributed by atoms with van der Waals surface area (Å²) >= 11 is 0. The summed E-state index contributed by atoms with van der Waals surface area (Å²) in [6.07, 6.45) is 7.36. The third-order valence-electron chi connectivity index (χ3n) is 9.02. The molecular formula is C35H48FN3O2. The van der Waals surface area contributed by atoms with Gasteiger partial charge in [-0.3, -0.25) is 14.6 Å². The molecule has 41 heavy (non-hydrogen) atoms. The normalized spacial score (nSPS) is 21.9. The van der Waals surface area contributed by atoms with E-state index < -0.39 is 5.66 Å². The fourth-order valence-corrected chi connectivity index (χ4v) is 6.41. The molecule has 2 aromatic rings. The van der Waals surface area contributed by atoms with Crippen LogP contribution in [0.2, 0.25) is 0 Å². The molecule has 0 bridgehead atoms. The Morgan fingerprint density at radius 2 is 1.68 bits per heavy atom. The molecule has 1 heterocycles. The molecule has 1 atom stereocenters. The van der Waals surface area contributed by atoms with Crippen molar-refractivity contribution in [2.45, 2.75) is 105 Å². The Morgan fingerprint density at radius 1 is 1.05 bits per heavy atom. The Kier molecular flexibility index (Phi) is 9.71. The summed E-state index contributed by atoms with van der Waals surface area (Å²) in [5.41, 5.74) is 2.32. The quantitative estimate of drug-likeness (QED) is 0.298. The molecule has 5 nitrogen and oxygen atoms in total. The van der Waals surface area contributed by atoms with Crippen LogP contribution in [0.4, 0.5) is 4.39 Å². The highest BCUT2D eigenvalue weighted by Crippen LogP contribution is 2.50. The van der Waals surface area contributed by atoms with Crippen molar-refractivity contribution in [3.05, 3.63) is 71.0 Å². The lowest BCUT2D eigenvalue weighted by molar-refractivity contribution is -0.133. The van der Waals surface area contributed by atoms with Crippen LogP contribution in [0, 0.1) is 23.1 Å². The number of nitrogens with one attached hydrogen (secondary N) is 1. The van der Waals surface area contributed by atoms with Crippen molar-refractivity contribution < 1.29 is 14.0 Å². The second-order valence-corrected chi connectivity index (χ2v) is 13.5. The maximum atomic E-state index is 14.4. The molecule has 222 valence electrons. The van der Waals surface area contributed by atoms with Gasteiger partial charge < -0.3 is 10.2 Å². The average molecular weight is 562 g/mol. The zero-order chi connectivity index (χ0) is 29.8. The Bertz CT molecular complexity index is 1220. The van der Waals surface area contributed by atoms with Gasteiger partial charge in [0.05, 0.1) is 6.04 Å². The fourth-order valence-electron chi connectivity index (χ4n) is 6.41. The number of aliphatic imine (C=N–C) groups is 1. The van der Waals surface area contributed by atoms with Gasteiger partial charge >= 0.3 is 0 Å².